The predicted octanol–water partition coefficient (Wildman–Crippen LogP) is 2.94. The Bertz CT molecular complexity index is 923. The molecule has 0 unspecified atom stereocenters. The molecule has 2 aromatic rings. The van der Waals surface area contributed by atoms with E-state index in [1.807, 2.05) is 17.0 Å². The first-order valence-electron chi connectivity index (χ1n) is 10.4. The van der Waals surface area contributed by atoms with E-state index in [0.717, 1.165) is 12.1 Å². The van der Waals surface area contributed by atoms with E-state index in [1.165, 1.54) is 5.56 Å². The largest absolute Gasteiger partial charge is 0.486 e. The first-order valence-corrected chi connectivity index (χ1v) is 10.8. The molecule has 0 aromatic heterocycles. The van der Waals surface area contributed by atoms with Crippen LogP contribution in [0.4, 0.5) is 0 Å². The minimum Gasteiger partial charge on any atom is -0.486 e. The first kappa shape index (κ1) is 19.7. The Morgan fingerprint density at radius 1 is 1.03 bits per heavy atom. The maximum atomic E-state index is 13.0. The second-order valence-electron chi connectivity index (χ2n) is 7.96. The SMILES string of the molecule is O=C(Cc1cc2c(cc1Cl)OCCO2)N1CCN2[C@@H](COC[C@@H]2c2ccccc2)C1. The minimum atomic E-state index is 0.0788. The molecule has 0 bridgehead atoms. The Morgan fingerprint density at radius 2 is 1.80 bits per heavy atom. The standard InChI is InChI=1S/C23H25ClN2O4/c24-19-12-22-21(29-8-9-30-22)10-17(19)11-23(27)25-6-7-26-18(13-25)14-28-15-20(26)16-4-2-1-3-5-16/h1-5,10,12,18,20H,6-9,11,13-15H2/t18-,20-/m1/s1. The van der Waals surface area contributed by atoms with E-state index >= 15 is 0 Å². The summed E-state index contributed by atoms with van der Waals surface area (Å²) in [6.07, 6.45) is 0.255. The summed E-state index contributed by atoms with van der Waals surface area (Å²) in [4.78, 5) is 17.5. The fourth-order valence-electron chi connectivity index (χ4n) is 4.55. The van der Waals surface area contributed by atoms with Crippen LogP contribution in [0.1, 0.15) is 17.2 Å². The number of piperazine rings is 1. The molecule has 1 amide bonds. The van der Waals surface area contributed by atoms with Crippen molar-refractivity contribution in [3.8, 4) is 11.5 Å². The van der Waals surface area contributed by atoms with Gasteiger partial charge in [0.05, 0.1) is 31.7 Å². The fraction of sp³-hybridized carbons (Fsp3) is 0.435. The molecule has 2 aromatic carbocycles. The van der Waals surface area contributed by atoms with E-state index in [2.05, 4.69) is 29.2 Å². The molecule has 0 N–H and O–H groups in total. The van der Waals surface area contributed by atoms with E-state index < -0.39 is 0 Å². The number of rotatable bonds is 3. The lowest BCUT2D eigenvalue weighted by Crippen LogP contribution is -2.60. The van der Waals surface area contributed by atoms with Crippen molar-refractivity contribution >= 4 is 17.5 Å². The van der Waals surface area contributed by atoms with Gasteiger partial charge in [-0.2, -0.15) is 0 Å². The van der Waals surface area contributed by atoms with Crippen LogP contribution in [0.25, 0.3) is 0 Å². The normalized spacial score (nSPS) is 23.7. The highest BCUT2D eigenvalue weighted by molar-refractivity contribution is 6.31. The summed E-state index contributed by atoms with van der Waals surface area (Å²) in [6.45, 7) is 4.59. The highest BCUT2D eigenvalue weighted by Gasteiger charge is 2.37. The molecule has 0 radical (unpaired) electrons. The maximum Gasteiger partial charge on any atom is 0.227 e. The number of amides is 1. The van der Waals surface area contributed by atoms with Crippen LogP contribution in [0.5, 0.6) is 11.5 Å². The highest BCUT2D eigenvalue weighted by Crippen LogP contribution is 2.36. The molecule has 158 valence electrons. The van der Waals surface area contributed by atoms with Crippen LogP contribution < -0.4 is 9.47 Å². The number of morpholine rings is 1. The van der Waals surface area contributed by atoms with Crippen molar-refractivity contribution in [1.82, 2.24) is 9.80 Å². The van der Waals surface area contributed by atoms with Gasteiger partial charge in [-0.3, -0.25) is 9.69 Å². The molecule has 6 nitrogen and oxygen atoms in total. The second-order valence-corrected chi connectivity index (χ2v) is 8.37. The molecule has 2 saturated heterocycles. The number of benzene rings is 2. The van der Waals surface area contributed by atoms with Gasteiger partial charge in [0.2, 0.25) is 5.91 Å². The number of hydrogen-bond acceptors (Lipinski definition) is 5. The summed E-state index contributed by atoms with van der Waals surface area (Å²) < 4.78 is 17.1. The third-order valence-electron chi connectivity index (χ3n) is 6.10. The van der Waals surface area contributed by atoms with Crippen molar-refractivity contribution in [3.05, 3.63) is 58.6 Å². The van der Waals surface area contributed by atoms with Crippen LogP contribution in [0.2, 0.25) is 5.02 Å². The summed E-state index contributed by atoms with van der Waals surface area (Å²) >= 11 is 6.41. The van der Waals surface area contributed by atoms with Gasteiger partial charge < -0.3 is 19.1 Å². The van der Waals surface area contributed by atoms with Gasteiger partial charge in [0.15, 0.2) is 11.5 Å². The van der Waals surface area contributed by atoms with Gasteiger partial charge >= 0.3 is 0 Å². The quantitative estimate of drug-likeness (QED) is 0.752. The van der Waals surface area contributed by atoms with Gasteiger partial charge in [-0.05, 0) is 17.2 Å². The monoisotopic (exact) mass is 428 g/mol. The molecule has 3 aliphatic rings. The zero-order valence-electron chi connectivity index (χ0n) is 16.8. The number of carbonyl (C=O) groups is 1. The molecule has 0 aliphatic carbocycles. The predicted molar refractivity (Wildman–Crippen MR) is 113 cm³/mol. The van der Waals surface area contributed by atoms with Crippen molar-refractivity contribution in [3.63, 3.8) is 0 Å². The lowest BCUT2D eigenvalue weighted by molar-refractivity contribution is -0.139. The first-order chi connectivity index (χ1) is 14.7. The molecule has 7 heteroatoms. The molecule has 3 heterocycles. The number of fused-ring (bicyclic) bond motifs is 2. The average Bonchev–Trinajstić information content (AvgIpc) is 2.79. The topological polar surface area (TPSA) is 51.2 Å². The van der Waals surface area contributed by atoms with Crippen LogP contribution in [0.15, 0.2) is 42.5 Å². The second kappa shape index (κ2) is 8.46. The van der Waals surface area contributed by atoms with Gasteiger partial charge in [-0.15, -0.1) is 0 Å². The molecule has 2 atom stereocenters. The van der Waals surface area contributed by atoms with E-state index in [-0.39, 0.29) is 24.4 Å². The molecule has 0 spiro atoms. The lowest BCUT2D eigenvalue weighted by Gasteiger charge is -2.48. The smallest absolute Gasteiger partial charge is 0.227 e. The van der Waals surface area contributed by atoms with Gasteiger partial charge in [-0.25, -0.2) is 0 Å². The summed E-state index contributed by atoms with van der Waals surface area (Å²) in [6, 6.07) is 14.5. The number of nitrogens with zero attached hydrogens (tertiary/aromatic N) is 2. The Labute approximate surface area is 181 Å². The lowest BCUT2D eigenvalue weighted by atomic mass is 10.00. The van der Waals surface area contributed by atoms with Crippen molar-refractivity contribution in [1.29, 1.82) is 0 Å². The molecule has 2 fully saturated rings. The van der Waals surface area contributed by atoms with Crippen LogP contribution >= 0.6 is 11.6 Å². The molecular formula is C23H25ClN2O4. The summed E-state index contributed by atoms with van der Waals surface area (Å²) in [5, 5.41) is 0.538. The summed E-state index contributed by atoms with van der Waals surface area (Å²) in [7, 11) is 0. The summed E-state index contributed by atoms with van der Waals surface area (Å²) in [5.74, 6) is 1.38. The van der Waals surface area contributed by atoms with Crippen LogP contribution in [0, 0.1) is 0 Å². The summed E-state index contributed by atoms with van der Waals surface area (Å²) in [5.41, 5.74) is 2.04. The molecular weight excluding hydrogens is 404 g/mol. The number of carbonyl (C=O) groups excluding carboxylic acids is 1. The molecule has 30 heavy (non-hydrogen) atoms. The molecule has 3 aliphatic heterocycles. The van der Waals surface area contributed by atoms with E-state index in [4.69, 9.17) is 25.8 Å². The number of hydrogen-bond donors (Lipinski definition) is 0. The molecule has 5 rings (SSSR count). The fourth-order valence-corrected chi connectivity index (χ4v) is 4.77. The van der Waals surface area contributed by atoms with Crippen molar-refractivity contribution in [2.45, 2.75) is 18.5 Å². The van der Waals surface area contributed by atoms with Gasteiger partial charge in [0.1, 0.15) is 13.2 Å². The van der Waals surface area contributed by atoms with Crippen molar-refractivity contribution in [2.75, 3.05) is 46.1 Å². The Hall–Kier alpha value is -2.28. The van der Waals surface area contributed by atoms with Crippen LogP contribution in [-0.2, 0) is 16.0 Å². The van der Waals surface area contributed by atoms with Crippen molar-refractivity contribution in [2.24, 2.45) is 0 Å². The Kier molecular flexibility index (Phi) is 5.54. The minimum absolute atomic E-state index is 0.0788. The zero-order chi connectivity index (χ0) is 20.5. The Morgan fingerprint density at radius 3 is 2.60 bits per heavy atom. The zero-order valence-corrected chi connectivity index (χ0v) is 17.5. The third-order valence-corrected chi connectivity index (χ3v) is 6.46. The maximum absolute atomic E-state index is 13.0. The van der Waals surface area contributed by atoms with E-state index in [0.29, 0.717) is 56.0 Å². The Balaban J connectivity index is 1.26. The van der Waals surface area contributed by atoms with Crippen molar-refractivity contribution < 1.29 is 19.0 Å². The molecule has 0 saturated carbocycles. The van der Waals surface area contributed by atoms with E-state index in [1.54, 1.807) is 6.07 Å². The average molecular weight is 429 g/mol. The van der Waals surface area contributed by atoms with Gasteiger partial charge in [0.25, 0.3) is 0 Å². The number of ether oxygens (including phenoxy) is 3. The third kappa shape index (κ3) is 3.87. The van der Waals surface area contributed by atoms with E-state index in [9.17, 15) is 4.79 Å². The highest BCUT2D eigenvalue weighted by atomic mass is 35.5. The number of halogens is 1. The van der Waals surface area contributed by atoms with Gasteiger partial charge in [-0.1, -0.05) is 41.9 Å². The van der Waals surface area contributed by atoms with Gasteiger partial charge in [0, 0.05) is 30.7 Å². The van der Waals surface area contributed by atoms with Crippen LogP contribution in [0.3, 0.4) is 0 Å². The van der Waals surface area contributed by atoms with Crippen LogP contribution in [-0.4, -0.2) is 67.8 Å².